The second-order valence-corrected chi connectivity index (χ2v) is 4.83. The van der Waals surface area contributed by atoms with Gasteiger partial charge in [-0.3, -0.25) is 4.98 Å². The molecule has 0 spiro atoms. The van der Waals surface area contributed by atoms with Crippen molar-refractivity contribution in [2.24, 2.45) is 5.92 Å². The molecule has 1 heterocycles. The highest BCUT2D eigenvalue weighted by Gasteiger charge is 2.23. The van der Waals surface area contributed by atoms with E-state index in [2.05, 4.69) is 26.2 Å². The number of rotatable bonds is 4. The molecule has 1 atom stereocenters. The molecule has 1 fully saturated rings. The fraction of sp³-hybridized carbons (Fsp3) is 0.583. The molecular formula is C12H17BrN2. The third-order valence-electron chi connectivity index (χ3n) is 3.17. The molecule has 1 unspecified atom stereocenters. The van der Waals surface area contributed by atoms with E-state index < -0.39 is 0 Å². The van der Waals surface area contributed by atoms with Crippen molar-refractivity contribution in [3.8, 4) is 0 Å². The monoisotopic (exact) mass is 268 g/mol. The molecule has 15 heavy (non-hydrogen) atoms. The first kappa shape index (κ1) is 10.9. The third-order valence-corrected chi connectivity index (χ3v) is 3.87. The Kier molecular flexibility index (Phi) is 4.01. The van der Waals surface area contributed by atoms with E-state index in [4.69, 9.17) is 0 Å². The van der Waals surface area contributed by atoms with Crippen LogP contribution >= 0.6 is 15.9 Å². The van der Waals surface area contributed by atoms with Crippen molar-refractivity contribution in [1.82, 2.24) is 4.98 Å². The van der Waals surface area contributed by atoms with Crippen LogP contribution in [0.4, 0.5) is 5.69 Å². The van der Waals surface area contributed by atoms with Crippen LogP contribution in [0.3, 0.4) is 0 Å². The van der Waals surface area contributed by atoms with Gasteiger partial charge in [-0.15, -0.1) is 0 Å². The summed E-state index contributed by atoms with van der Waals surface area (Å²) in [6.45, 7) is 0. The van der Waals surface area contributed by atoms with Crippen LogP contribution in [-0.4, -0.2) is 16.4 Å². The van der Waals surface area contributed by atoms with Crippen LogP contribution < -0.4 is 5.32 Å². The van der Waals surface area contributed by atoms with Crippen molar-refractivity contribution >= 4 is 21.6 Å². The zero-order valence-electron chi connectivity index (χ0n) is 8.82. The maximum Gasteiger partial charge on any atom is 0.0386 e. The Balaban J connectivity index is 1.96. The van der Waals surface area contributed by atoms with E-state index in [1.807, 2.05) is 24.5 Å². The van der Waals surface area contributed by atoms with Crippen molar-refractivity contribution in [2.45, 2.75) is 31.7 Å². The number of aromatic nitrogens is 1. The van der Waals surface area contributed by atoms with Gasteiger partial charge in [0, 0.05) is 29.5 Å². The van der Waals surface area contributed by atoms with E-state index >= 15 is 0 Å². The van der Waals surface area contributed by atoms with E-state index in [1.165, 1.54) is 31.4 Å². The number of alkyl halides is 1. The number of nitrogens with zero attached hydrogens (tertiary/aromatic N) is 1. The lowest BCUT2D eigenvalue weighted by atomic mass is 9.99. The Morgan fingerprint density at radius 1 is 1.33 bits per heavy atom. The maximum atomic E-state index is 4.02. The van der Waals surface area contributed by atoms with Crippen molar-refractivity contribution in [2.75, 3.05) is 10.6 Å². The molecule has 0 bridgehead atoms. The molecule has 0 saturated heterocycles. The second kappa shape index (κ2) is 5.50. The molecule has 0 aromatic carbocycles. The van der Waals surface area contributed by atoms with Gasteiger partial charge in [0.2, 0.25) is 0 Å². The average Bonchev–Trinajstić information content (AvgIpc) is 2.81. The average molecular weight is 269 g/mol. The molecule has 3 heteroatoms. The summed E-state index contributed by atoms with van der Waals surface area (Å²) in [6.07, 6.45) is 9.20. The van der Waals surface area contributed by atoms with Crippen LogP contribution in [0.1, 0.15) is 25.7 Å². The standard InChI is InChI=1S/C12H17BrN2/c13-9-12(10-3-1-2-4-10)15-11-5-7-14-8-6-11/h5-8,10,12H,1-4,9H2,(H,14,15). The molecule has 1 aliphatic carbocycles. The predicted molar refractivity (Wildman–Crippen MR) is 67.4 cm³/mol. The van der Waals surface area contributed by atoms with Gasteiger partial charge in [-0.2, -0.15) is 0 Å². The van der Waals surface area contributed by atoms with E-state index in [0.717, 1.165) is 11.2 Å². The first-order chi connectivity index (χ1) is 7.40. The molecule has 0 amide bonds. The fourth-order valence-corrected chi connectivity index (χ4v) is 2.99. The van der Waals surface area contributed by atoms with Gasteiger partial charge in [0.15, 0.2) is 0 Å². The van der Waals surface area contributed by atoms with Crippen LogP contribution in [0.5, 0.6) is 0 Å². The number of anilines is 1. The van der Waals surface area contributed by atoms with Gasteiger partial charge in [0.05, 0.1) is 0 Å². The van der Waals surface area contributed by atoms with Crippen molar-refractivity contribution in [3.05, 3.63) is 24.5 Å². The van der Waals surface area contributed by atoms with Gasteiger partial charge in [-0.1, -0.05) is 28.8 Å². The van der Waals surface area contributed by atoms with Crippen LogP contribution in [0.25, 0.3) is 0 Å². The summed E-state index contributed by atoms with van der Waals surface area (Å²) in [7, 11) is 0. The Morgan fingerprint density at radius 3 is 2.60 bits per heavy atom. The number of hydrogen-bond acceptors (Lipinski definition) is 2. The van der Waals surface area contributed by atoms with Crippen molar-refractivity contribution < 1.29 is 0 Å². The summed E-state index contributed by atoms with van der Waals surface area (Å²) in [5, 5.41) is 4.61. The smallest absolute Gasteiger partial charge is 0.0386 e. The predicted octanol–water partition coefficient (Wildman–Crippen LogP) is 3.45. The molecule has 2 nitrogen and oxygen atoms in total. The topological polar surface area (TPSA) is 24.9 Å². The highest BCUT2D eigenvalue weighted by molar-refractivity contribution is 9.09. The van der Waals surface area contributed by atoms with Gasteiger partial charge in [0.25, 0.3) is 0 Å². The van der Waals surface area contributed by atoms with Crippen LogP contribution in [0.15, 0.2) is 24.5 Å². The van der Waals surface area contributed by atoms with Gasteiger partial charge < -0.3 is 5.32 Å². The van der Waals surface area contributed by atoms with Crippen LogP contribution in [0, 0.1) is 5.92 Å². The molecular weight excluding hydrogens is 252 g/mol. The van der Waals surface area contributed by atoms with E-state index in [9.17, 15) is 0 Å². The second-order valence-electron chi connectivity index (χ2n) is 4.19. The molecule has 2 rings (SSSR count). The Labute approximate surface area is 99.6 Å². The highest BCUT2D eigenvalue weighted by atomic mass is 79.9. The number of pyridine rings is 1. The Morgan fingerprint density at radius 2 is 2.00 bits per heavy atom. The molecule has 1 saturated carbocycles. The molecule has 1 aromatic heterocycles. The van der Waals surface area contributed by atoms with Gasteiger partial charge in [-0.25, -0.2) is 0 Å². The van der Waals surface area contributed by atoms with Crippen LogP contribution in [0.2, 0.25) is 0 Å². The molecule has 1 N–H and O–H groups in total. The third kappa shape index (κ3) is 2.94. The molecule has 1 aromatic rings. The zero-order chi connectivity index (χ0) is 10.5. The summed E-state index contributed by atoms with van der Waals surface area (Å²) in [6, 6.07) is 4.63. The van der Waals surface area contributed by atoms with Crippen molar-refractivity contribution in [3.63, 3.8) is 0 Å². The summed E-state index contributed by atoms with van der Waals surface area (Å²) in [5.74, 6) is 0.831. The van der Waals surface area contributed by atoms with Gasteiger partial charge in [-0.05, 0) is 30.9 Å². The minimum absolute atomic E-state index is 0.565. The van der Waals surface area contributed by atoms with Crippen LogP contribution in [-0.2, 0) is 0 Å². The van der Waals surface area contributed by atoms with E-state index in [0.29, 0.717) is 6.04 Å². The molecule has 1 aliphatic rings. The number of halogens is 1. The summed E-state index contributed by atoms with van der Waals surface area (Å²) < 4.78 is 0. The van der Waals surface area contributed by atoms with E-state index in [-0.39, 0.29) is 0 Å². The minimum Gasteiger partial charge on any atom is -0.381 e. The number of hydrogen-bond donors (Lipinski definition) is 1. The summed E-state index contributed by atoms with van der Waals surface area (Å²) in [4.78, 5) is 4.02. The fourth-order valence-electron chi connectivity index (χ4n) is 2.30. The lowest BCUT2D eigenvalue weighted by molar-refractivity contribution is 0.489. The highest BCUT2D eigenvalue weighted by Crippen LogP contribution is 2.30. The Bertz CT molecular complexity index is 283. The van der Waals surface area contributed by atoms with Gasteiger partial charge >= 0.3 is 0 Å². The lowest BCUT2D eigenvalue weighted by Gasteiger charge is -2.23. The largest absolute Gasteiger partial charge is 0.381 e. The van der Waals surface area contributed by atoms with Crippen molar-refractivity contribution in [1.29, 1.82) is 0 Å². The number of nitrogens with one attached hydrogen (secondary N) is 1. The quantitative estimate of drug-likeness (QED) is 0.847. The molecule has 0 radical (unpaired) electrons. The SMILES string of the molecule is BrCC(Nc1ccncc1)C1CCCC1. The van der Waals surface area contributed by atoms with E-state index in [1.54, 1.807) is 0 Å². The summed E-state index contributed by atoms with van der Waals surface area (Å²) >= 11 is 3.61. The summed E-state index contributed by atoms with van der Waals surface area (Å²) in [5.41, 5.74) is 1.18. The maximum absolute atomic E-state index is 4.02. The molecule has 82 valence electrons. The normalized spacial score (nSPS) is 19.0. The first-order valence-corrected chi connectivity index (χ1v) is 6.75. The van der Waals surface area contributed by atoms with Gasteiger partial charge in [0.1, 0.15) is 0 Å². The lowest BCUT2D eigenvalue weighted by Crippen LogP contribution is -2.29. The molecule has 0 aliphatic heterocycles. The minimum atomic E-state index is 0.565. The first-order valence-electron chi connectivity index (χ1n) is 5.62. The zero-order valence-corrected chi connectivity index (χ0v) is 10.4. The Hall–Kier alpha value is -0.570.